The Balaban J connectivity index is 1.50. The molecule has 0 spiro atoms. The number of aromatic nitrogens is 3. The molecular weight excluding hydrogens is 306 g/mol. The van der Waals surface area contributed by atoms with Gasteiger partial charge in [-0.1, -0.05) is 6.58 Å². The number of carbonyl (C=O) groups is 2. The number of aryl methyl sites for hydroxylation is 1. The third kappa shape index (κ3) is 3.51. The molecule has 2 heterocycles. The summed E-state index contributed by atoms with van der Waals surface area (Å²) >= 11 is 0. The summed E-state index contributed by atoms with van der Waals surface area (Å²) in [5.41, 5.74) is 1.62. The Morgan fingerprint density at radius 3 is 2.67 bits per heavy atom. The SMILES string of the molecule is C=CC(=O)N1CC(CC(=O)Nc2ccc(-c3n[nH]c(C)n3)cc2)C1. The number of aromatic amines is 1. The quantitative estimate of drug-likeness (QED) is 0.819. The summed E-state index contributed by atoms with van der Waals surface area (Å²) in [7, 11) is 0. The third-order valence-electron chi connectivity index (χ3n) is 3.94. The fourth-order valence-corrected chi connectivity index (χ4v) is 2.66. The molecule has 0 saturated carbocycles. The number of carbonyl (C=O) groups excluding carboxylic acids is 2. The summed E-state index contributed by atoms with van der Waals surface area (Å²) in [6, 6.07) is 7.39. The van der Waals surface area contributed by atoms with Gasteiger partial charge in [0, 0.05) is 36.7 Å². The van der Waals surface area contributed by atoms with Crippen LogP contribution in [-0.2, 0) is 9.59 Å². The molecule has 2 aromatic rings. The maximum absolute atomic E-state index is 12.1. The Bertz CT molecular complexity index is 760. The molecule has 2 N–H and O–H groups in total. The lowest BCUT2D eigenvalue weighted by atomic mass is 9.96. The zero-order valence-corrected chi connectivity index (χ0v) is 13.5. The van der Waals surface area contributed by atoms with E-state index in [-0.39, 0.29) is 17.7 Å². The first kappa shape index (κ1) is 15.9. The monoisotopic (exact) mass is 325 g/mol. The van der Waals surface area contributed by atoms with Crippen LogP contribution in [0.4, 0.5) is 5.69 Å². The molecule has 0 aliphatic carbocycles. The number of anilines is 1. The molecular formula is C17H19N5O2. The molecule has 0 atom stereocenters. The van der Waals surface area contributed by atoms with Crippen molar-refractivity contribution in [2.45, 2.75) is 13.3 Å². The van der Waals surface area contributed by atoms with E-state index >= 15 is 0 Å². The minimum Gasteiger partial charge on any atom is -0.338 e. The summed E-state index contributed by atoms with van der Waals surface area (Å²) in [5.74, 6) is 1.47. The summed E-state index contributed by atoms with van der Waals surface area (Å²) < 4.78 is 0. The maximum atomic E-state index is 12.1. The zero-order valence-electron chi connectivity index (χ0n) is 13.5. The molecule has 1 fully saturated rings. The standard InChI is InChI=1S/C17H19N5O2/c1-3-16(24)22-9-12(10-22)8-15(23)19-14-6-4-13(5-7-14)17-18-11(2)20-21-17/h3-7,12H,1,8-10H2,2H3,(H,19,23)(H,18,20,21). The molecule has 7 heteroatoms. The topological polar surface area (TPSA) is 91.0 Å². The van der Waals surface area contributed by atoms with E-state index < -0.39 is 0 Å². The number of nitrogens with one attached hydrogen (secondary N) is 2. The van der Waals surface area contributed by atoms with Gasteiger partial charge in [-0.3, -0.25) is 14.7 Å². The van der Waals surface area contributed by atoms with E-state index in [1.165, 1.54) is 6.08 Å². The normalized spacial score (nSPS) is 14.1. The van der Waals surface area contributed by atoms with Crippen LogP contribution in [0, 0.1) is 12.8 Å². The second-order valence-electron chi connectivity index (χ2n) is 5.89. The Labute approximate surface area is 139 Å². The minimum absolute atomic E-state index is 0.0489. The van der Waals surface area contributed by atoms with Gasteiger partial charge in [0.1, 0.15) is 5.82 Å². The average Bonchev–Trinajstić information content (AvgIpc) is 2.97. The number of benzene rings is 1. The van der Waals surface area contributed by atoms with E-state index in [4.69, 9.17) is 0 Å². The Hall–Kier alpha value is -2.96. The number of nitrogens with zero attached hydrogens (tertiary/aromatic N) is 3. The van der Waals surface area contributed by atoms with Gasteiger partial charge in [0.05, 0.1) is 0 Å². The van der Waals surface area contributed by atoms with E-state index in [2.05, 4.69) is 27.1 Å². The minimum atomic E-state index is -0.0792. The second kappa shape index (κ2) is 6.66. The highest BCUT2D eigenvalue weighted by Crippen LogP contribution is 2.21. The van der Waals surface area contributed by atoms with Crippen molar-refractivity contribution in [3.05, 3.63) is 42.7 Å². The number of hydrogen-bond acceptors (Lipinski definition) is 4. The van der Waals surface area contributed by atoms with Gasteiger partial charge in [-0.25, -0.2) is 4.98 Å². The van der Waals surface area contributed by atoms with E-state index in [0.717, 1.165) is 17.1 Å². The second-order valence-corrected chi connectivity index (χ2v) is 5.89. The highest BCUT2D eigenvalue weighted by Gasteiger charge is 2.30. The van der Waals surface area contributed by atoms with Crippen molar-refractivity contribution in [3.63, 3.8) is 0 Å². The van der Waals surface area contributed by atoms with Gasteiger partial charge in [0.2, 0.25) is 11.8 Å². The predicted octanol–water partition coefficient (Wildman–Crippen LogP) is 1.75. The van der Waals surface area contributed by atoms with Crippen LogP contribution in [0.3, 0.4) is 0 Å². The molecule has 0 unspecified atom stereocenters. The molecule has 0 radical (unpaired) electrons. The van der Waals surface area contributed by atoms with Gasteiger partial charge in [0.15, 0.2) is 5.82 Å². The molecule has 2 amide bonds. The smallest absolute Gasteiger partial charge is 0.245 e. The van der Waals surface area contributed by atoms with Crippen LogP contribution in [0.1, 0.15) is 12.2 Å². The van der Waals surface area contributed by atoms with Crippen LogP contribution in [0.5, 0.6) is 0 Å². The molecule has 3 rings (SSSR count). The van der Waals surface area contributed by atoms with Crippen LogP contribution < -0.4 is 5.32 Å². The molecule has 24 heavy (non-hydrogen) atoms. The summed E-state index contributed by atoms with van der Waals surface area (Å²) in [4.78, 5) is 29.4. The average molecular weight is 325 g/mol. The van der Waals surface area contributed by atoms with Gasteiger partial charge >= 0.3 is 0 Å². The van der Waals surface area contributed by atoms with Crippen LogP contribution in [-0.4, -0.2) is 45.0 Å². The fourth-order valence-electron chi connectivity index (χ4n) is 2.66. The molecule has 1 saturated heterocycles. The van der Waals surface area contributed by atoms with Crippen LogP contribution in [0.25, 0.3) is 11.4 Å². The van der Waals surface area contributed by atoms with Gasteiger partial charge in [-0.05, 0) is 37.3 Å². The highest BCUT2D eigenvalue weighted by molar-refractivity contribution is 5.92. The number of hydrogen-bond donors (Lipinski definition) is 2. The molecule has 1 aromatic heterocycles. The first-order valence-electron chi connectivity index (χ1n) is 7.76. The Morgan fingerprint density at radius 1 is 1.38 bits per heavy atom. The molecule has 7 nitrogen and oxygen atoms in total. The third-order valence-corrected chi connectivity index (χ3v) is 3.94. The zero-order chi connectivity index (χ0) is 17.1. The van der Waals surface area contributed by atoms with Crippen molar-refractivity contribution in [3.8, 4) is 11.4 Å². The predicted molar refractivity (Wildman–Crippen MR) is 90.1 cm³/mol. The Kier molecular flexibility index (Phi) is 4.41. The van der Waals surface area contributed by atoms with Crippen molar-refractivity contribution < 1.29 is 9.59 Å². The number of amides is 2. The first-order valence-corrected chi connectivity index (χ1v) is 7.76. The van der Waals surface area contributed by atoms with Crippen LogP contribution in [0.15, 0.2) is 36.9 Å². The van der Waals surface area contributed by atoms with Crippen molar-refractivity contribution in [2.24, 2.45) is 5.92 Å². The highest BCUT2D eigenvalue weighted by atomic mass is 16.2. The van der Waals surface area contributed by atoms with E-state index in [0.29, 0.717) is 25.3 Å². The van der Waals surface area contributed by atoms with Gasteiger partial charge in [-0.2, -0.15) is 5.10 Å². The maximum Gasteiger partial charge on any atom is 0.245 e. The van der Waals surface area contributed by atoms with E-state index in [1.807, 2.05) is 31.2 Å². The van der Waals surface area contributed by atoms with Crippen LogP contribution in [0.2, 0.25) is 0 Å². The summed E-state index contributed by atoms with van der Waals surface area (Å²) in [6.07, 6.45) is 1.70. The fraction of sp³-hybridized carbons (Fsp3) is 0.294. The Morgan fingerprint density at radius 2 is 2.08 bits per heavy atom. The molecule has 0 bridgehead atoms. The summed E-state index contributed by atoms with van der Waals surface area (Å²) in [6.45, 7) is 6.52. The van der Waals surface area contributed by atoms with Crippen molar-refractivity contribution >= 4 is 17.5 Å². The molecule has 1 aliphatic heterocycles. The molecule has 1 aliphatic rings. The lowest BCUT2D eigenvalue weighted by Crippen LogP contribution is -2.50. The summed E-state index contributed by atoms with van der Waals surface area (Å²) in [5, 5.41) is 9.77. The van der Waals surface area contributed by atoms with Gasteiger partial charge in [0.25, 0.3) is 0 Å². The van der Waals surface area contributed by atoms with Crippen LogP contribution >= 0.6 is 0 Å². The van der Waals surface area contributed by atoms with E-state index in [1.54, 1.807) is 4.90 Å². The number of rotatable bonds is 5. The molecule has 1 aromatic carbocycles. The van der Waals surface area contributed by atoms with E-state index in [9.17, 15) is 9.59 Å². The van der Waals surface area contributed by atoms with Crippen molar-refractivity contribution in [2.75, 3.05) is 18.4 Å². The van der Waals surface area contributed by atoms with Gasteiger partial charge < -0.3 is 10.2 Å². The largest absolute Gasteiger partial charge is 0.338 e. The lowest BCUT2D eigenvalue weighted by molar-refractivity contribution is -0.134. The number of H-pyrrole nitrogens is 1. The lowest BCUT2D eigenvalue weighted by Gasteiger charge is -2.38. The van der Waals surface area contributed by atoms with Crippen molar-refractivity contribution in [1.82, 2.24) is 20.1 Å². The van der Waals surface area contributed by atoms with Gasteiger partial charge in [-0.15, -0.1) is 0 Å². The number of likely N-dealkylation sites (tertiary alicyclic amines) is 1. The van der Waals surface area contributed by atoms with Crippen molar-refractivity contribution in [1.29, 1.82) is 0 Å². The molecule has 124 valence electrons. The first-order chi connectivity index (χ1) is 11.5.